The summed E-state index contributed by atoms with van der Waals surface area (Å²) < 4.78 is 7.14. The van der Waals surface area contributed by atoms with Crippen molar-refractivity contribution in [3.05, 3.63) is 108 Å². The molecule has 2 aromatic heterocycles. The van der Waals surface area contributed by atoms with E-state index in [0.29, 0.717) is 5.82 Å². The third kappa shape index (κ3) is 5.43. The highest BCUT2D eigenvalue weighted by Gasteiger charge is 2.14. The summed E-state index contributed by atoms with van der Waals surface area (Å²) in [5.74, 6) is 1.37. The Balaban J connectivity index is 1.46. The Morgan fingerprint density at radius 2 is 1.86 bits per heavy atom. The second-order valence-corrected chi connectivity index (χ2v) is 8.99. The lowest BCUT2D eigenvalue weighted by Gasteiger charge is -2.10. The summed E-state index contributed by atoms with van der Waals surface area (Å²) in [6.07, 6.45) is 9.38. The normalized spacial score (nSPS) is 11.2. The number of methoxy groups -OCH3 is 1. The minimum atomic E-state index is -0.131. The predicted octanol–water partition coefficient (Wildman–Crippen LogP) is 6.53. The Hall–Kier alpha value is -4.71. The van der Waals surface area contributed by atoms with Gasteiger partial charge in [-0.05, 0) is 55.3 Å². The van der Waals surface area contributed by atoms with Crippen molar-refractivity contribution in [3.63, 3.8) is 0 Å². The van der Waals surface area contributed by atoms with Crippen molar-refractivity contribution in [1.82, 2.24) is 14.5 Å². The summed E-state index contributed by atoms with van der Waals surface area (Å²) in [6, 6.07) is 21.8. The van der Waals surface area contributed by atoms with Crippen LogP contribution in [0.4, 0.5) is 5.69 Å². The van der Waals surface area contributed by atoms with Crippen LogP contribution < -0.4 is 10.1 Å². The number of carbonyl (C=O) groups is 1. The number of pyridine rings is 1. The molecule has 0 spiro atoms. The number of aromatic nitrogens is 3. The van der Waals surface area contributed by atoms with Gasteiger partial charge in [0.2, 0.25) is 5.91 Å². The Morgan fingerprint density at radius 3 is 2.65 bits per heavy atom. The average Bonchev–Trinajstić information content (AvgIpc) is 3.29. The molecule has 2 heterocycles. The number of nitrogens with zero attached hydrogens (tertiary/aromatic N) is 3. The molecule has 3 aromatic carbocycles. The molecular weight excluding hydrogens is 460 g/mol. The van der Waals surface area contributed by atoms with Crippen LogP contribution in [0.1, 0.15) is 22.5 Å². The van der Waals surface area contributed by atoms with Crippen molar-refractivity contribution in [3.8, 4) is 17.0 Å². The highest BCUT2D eigenvalue weighted by atomic mass is 16.5. The zero-order valence-corrected chi connectivity index (χ0v) is 21.1. The van der Waals surface area contributed by atoms with Gasteiger partial charge in [-0.25, -0.2) is 4.98 Å². The maximum absolute atomic E-state index is 13.2. The van der Waals surface area contributed by atoms with Crippen LogP contribution in [0.2, 0.25) is 0 Å². The molecule has 6 nitrogen and oxygen atoms in total. The van der Waals surface area contributed by atoms with Gasteiger partial charge in [-0.2, -0.15) is 0 Å². The predicted molar refractivity (Wildman–Crippen MR) is 149 cm³/mol. The molecule has 0 unspecified atom stereocenters. The molecule has 0 aliphatic carbocycles. The number of ether oxygens (including phenoxy) is 1. The third-order valence-electron chi connectivity index (χ3n) is 6.27. The van der Waals surface area contributed by atoms with E-state index in [0.717, 1.165) is 44.6 Å². The first-order valence-electron chi connectivity index (χ1n) is 12.1. The first-order chi connectivity index (χ1) is 18.0. The molecule has 6 heteroatoms. The molecule has 5 rings (SSSR count). The van der Waals surface area contributed by atoms with Gasteiger partial charge in [0.25, 0.3) is 0 Å². The molecule has 0 saturated heterocycles. The lowest BCUT2D eigenvalue weighted by molar-refractivity contribution is -0.116. The number of benzene rings is 3. The highest BCUT2D eigenvalue weighted by Crippen LogP contribution is 2.26. The van der Waals surface area contributed by atoms with Crippen LogP contribution in [0.3, 0.4) is 0 Å². The van der Waals surface area contributed by atoms with Gasteiger partial charge < -0.3 is 14.6 Å². The van der Waals surface area contributed by atoms with Crippen molar-refractivity contribution in [1.29, 1.82) is 0 Å². The zero-order valence-electron chi connectivity index (χ0n) is 21.1. The van der Waals surface area contributed by atoms with Crippen molar-refractivity contribution in [2.24, 2.45) is 0 Å². The first kappa shape index (κ1) is 24.0. The van der Waals surface area contributed by atoms with Crippen LogP contribution in [0, 0.1) is 13.8 Å². The number of aryl methyl sites for hydroxylation is 2. The molecule has 0 aliphatic heterocycles. The monoisotopic (exact) mass is 488 g/mol. The van der Waals surface area contributed by atoms with Crippen LogP contribution in [-0.2, 0) is 11.3 Å². The van der Waals surface area contributed by atoms with E-state index in [4.69, 9.17) is 9.72 Å². The molecule has 5 aromatic rings. The quantitative estimate of drug-likeness (QED) is 0.283. The molecule has 0 atom stereocenters. The molecular formula is C31H28N4O2. The lowest BCUT2D eigenvalue weighted by Crippen LogP contribution is -2.19. The maximum Gasteiger partial charge on any atom is 0.244 e. The van der Waals surface area contributed by atoms with E-state index < -0.39 is 0 Å². The summed E-state index contributed by atoms with van der Waals surface area (Å²) in [5, 5.41) is 4.99. The van der Waals surface area contributed by atoms with Crippen molar-refractivity contribution >= 4 is 34.5 Å². The minimum absolute atomic E-state index is 0.127. The van der Waals surface area contributed by atoms with Crippen LogP contribution in [0.5, 0.6) is 5.75 Å². The molecule has 184 valence electrons. The van der Waals surface area contributed by atoms with Gasteiger partial charge in [0, 0.05) is 40.6 Å². The number of anilines is 1. The van der Waals surface area contributed by atoms with E-state index in [-0.39, 0.29) is 12.5 Å². The van der Waals surface area contributed by atoms with E-state index in [9.17, 15) is 4.79 Å². The summed E-state index contributed by atoms with van der Waals surface area (Å²) in [5.41, 5.74) is 5.99. The third-order valence-corrected chi connectivity index (χ3v) is 6.27. The molecule has 0 aliphatic rings. The van der Waals surface area contributed by atoms with E-state index in [2.05, 4.69) is 42.3 Å². The first-order valence-corrected chi connectivity index (χ1v) is 12.1. The molecule has 1 amide bonds. The van der Waals surface area contributed by atoms with Crippen LogP contribution in [-0.4, -0.2) is 27.6 Å². The van der Waals surface area contributed by atoms with Crippen molar-refractivity contribution in [2.75, 3.05) is 12.4 Å². The van der Waals surface area contributed by atoms with Gasteiger partial charge in [-0.15, -0.1) is 0 Å². The summed E-state index contributed by atoms with van der Waals surface area (Å²) in [7, 11) is 1.65. The number of carbonyl (C=O) groups excluding carboxylic acids is 1. The number of nitrogens with one attached hydrogen (secondary N) is 1. The number of amides is 1. The van der Waals surface area contributed by atoms with E-state index in [1.165, 1.54) is 5.56 Å². The van der Waals surface area contributed by atoms with E-state index in [1.54, 1.807) is 19.5 Å². The van der Waals surface area contributed by atoms with Gasteiger partial charge in [0.05, 0.1) is 12.8 Å². The average molecular weight is 489 g/mol. The maximum atomic E-state index is 13.2. The zero-order chi connectivity index (χ0) is 25.8. The number of hydrogen-bond acceptors (Lipinski definition) is 4. The molecule has 0 fully saturated rings. The van der Waals surface area contributed by atoms with Gasteiger partial charge in [0.1, 0.15) is 18.1 Å². The Labute approximate surface area is 216 Å². The number of hydrogen-bond donors (Lipinski definition) is 1. The van der Waals surface area contributed by atoms with Gasteiger partial charge in [-0.3, -0.25) is 9.78 Å². The molecule has 0 radical (unpaired) electrons. The van der Waals surface area contributed by atoms with Crippen LogP contribution in [0.25, 0.3) is 34.2 Å². The molecule has 0 bridgehead atoms. The molecule has 1 N–H and O–H groups in total. The van der Waals surface area contributed by atoms with Crippen LogP contribution in [0.15, 0.2) is 85.3 Å². The van der Waals surface area contributed by atoms with E-state index >= 15 is 0 Å². The summed E-state index contributed by atoms with van der Waals surface area (Å²) in [4.78, 5) is 22.2. The minimum Gasteiger partial charge on any atom is -0.497 e. The van der Waals surface area contributed by atoms with Gasteiger partial charge >= 0.3 is 0 Å². The number of imidazole rings is 1. The Kier molecular flexibility index (Phi) is 6.81. The Morgan fingerprint density at radius 1 is 1.03 bits per heavy atom. The summed E-state index contributed by atoms with van der Waals surface area (Å²) in [6.45, 7) is 4.28. The standard InChI is InChI=1S/C31H28N4O2/c1-21-7-13-26(22(2)17-21)29-19-35(30(33-29)14-10-23-8-11-25(37-3)12-9-23)20-31(36)34-28-6-4-5-24-18-32-16-15-27(24)28/h4-19H,20H2,1-3H3,(H,34,36)/b14-10+. The highest BCUT2D eigenvalue weighted by molar-refractivity contribution is 6.01. The largest absolute Gasteiger partial charge is 0.497 e. The summed E-state index contributed by atoms with van der Waals surface area (Å²) >= 11 is 0. The fraction of sp³-hybridized carbons (Fsp3) is 0.129. The number of rotatable bonds is 7. The van der Waals surface area contributed by atoms with E-state index in [1.807, 2.05) is 71.4 Å². The van der Waals surface area contributed by atoms with Crippen LogP contribution >= 0.6 is 0 Å². The van der Waals surface area contributed by atoms with Gasteiger partial charge in [-0.1, -0.05) is 54.1 Å². The van der Waals surface area contributed by atoms with Gasteiger partial charge in [0.15, 0.2) is 0 Å². The topological polar surface area (TPSA) is 69.0 Å². The smallest absolute Gasteiger partial charge is 0.244 e. The lowest BCUT2D eigenvalue weighted by atomic mass is 10.0. The Bertz CT molecular complexity index is 1590. The molecule has 37 heavy (non-hydrogen) atoms. The second kappa shape index (κ2) is 10.5. The van der Waals surface area contributed by atoms with Crippen molar-refractivity contribution < 1.29 is 9.53 Å². The SMILES string of the molecule is COc1ccc(/C=C/c2nc(-c3ccc(C)cc3C)cn2CC(=O)Nc2cccc3cnccc23)cc1. The fourth-order valence-corrected chi connectivity index (χ4v) is 4.38. The second-order valence-electron chi connectivity index (χ2n) is 8.99. The molecule has 0 saturated carbocycles. The number of fused-ring (bicyclic) bond motifs is 1. The fourth-order valence-electron chi connectivity index (χ4n) is 4.38. The van der Waals surface area contributed by atoms with Crippen molar-refractivity contribution in [2.45, 2.75) is 20.4 Å².